The van der Waals surface area contributed by atoms with E-state index in [4.69, 9.17) is 19.5 Å². The van der Waals surface area contributed by atoms with E-state index in [1.165, 1.54) is 5.56 Å². The van der Waals surface area contributed by atoms with Crippen molar-refractivity contribution in [2.24, 2.45) is 15.4 Å². The van der Waals surface area contributed by atoms with Crippen LogP contribution in [-0.4, -0.2) is 25.0 Å². The summed E-state index contributed by atoms with van der Waals surface area (Å²) in [4.78, 5) is 10.0. The molecule has 0 saturated carbocycles. The van der Waals surface area contributed by atoms with Crippen LogP contribution in [0.3, 0.4) is 0 Å². The number of ether oxygens (including phenoxy) is 2. The highest BCUT2D eigenvalue weighted by atomic mass is 16.5. The molecule has 0 aromatic heterocycles. The minimum atomic E-state index is -0.561. The number of hydrogen-bond acceptors (Lipinski definition) is 4. The van der Waals surface area contributed by atoms with Gasteiger partial charge in [0.05, 0.1) is 0 Å². The van der Waals surface area contributed by atoms with Crippen LogP contribution in [0, 0.1) is 5.41 Å². The van der Waals surface area contributed by atoms with Crippen LogP contribution >= 0.6 is 0 Å². The Balaban J connectivity index is 1.50. The first kappa shape index (κ1) is 19.6. The van der Waals surface area contributed by atoms with E-state index < -0.39 is 5.41 Å². The van der Waals surface area contributed by atoms with Crippen LogP contribution in [0.15, 0.2) is 101 Å². The highest BCUT2D eigenvalue weighted by Gasteiger charge is 2.45. The van der Waals surface area contributed by atoms with E-state index in [1.807, 2.05) is 42.5 Å². The maximum absolute atomic E-state index is 6.20. The first-order valence-electron chi connectivity index (χ1n) is 10.8. The van der Waals surface area contributed by atoms with E-state index in [0.29, 0.717) is 31.4 Å². The maximum Gasteiger partial charge on any atom is 0.200 e. The van der Waals surface area contributed by atoms with Gasteiger partial charge in [-0.3, -0.25) is 0 Å². The summed E-state index contributed by atoms with van der Waals surface area (Å²) < 4.78 is 12.4. The summed E-state index contributed by atoms with van der Waals surface area (Å²) in [6.45, 7) is 3.22. The minimum Gasteiger partial charge on any atom is -0.478 e. The molecule has 2 heterocycles. The molecule has 3 aromatic carbocycles. The fourth-order valence-electron chi connectivity index (χ4n) is 4.29. The van der Waals surface area contributed by atoms with Gasteiger partial charge < -0.3 is 9.47 Å². The van der Waals surface area contributed by atoms with Crippen molar-refractivity contribution >= 4 is 11.8 Å². The average molecular weight is 411 g/mol. The summed E-state index contributed by atoms with van der Waals surface area (Å²) >= 11 is 0. The van der Waals surface area contributed by atoms with Crippen molar-refractivity contribution in [3.05, 3.63) is 108 Å². The average Bonchev–Trinajstić information content (AvgIpc) is 3.52. The number of aliphatic imine (C=N–C) groups is 2. The van der Waals surface area contributed by atoms with Crippen LogP contribution in [0.5, 0.6) is 0 Å². The standard InChI is InChI=1S/C27H26N2O2/c1-27(17-20-11-5-2-6-12-20,25-28-23(18-30-25)21-13-7-3-8-14-21)26-29-24(19-31-26)22-15-9-4-10-16-22/h2-16,23-24H,17-19H2,1H3/t23-,24+,27?. The van der Waals surface area contributed by atoms with Gasteiger partial charge in [-0.15, -0.1) is 0 Å². The first-order valence-corrected chi connectivity index (χ1v) is 10.8. The van der Waals surface area contributed by atoms with E-state index in [1.54, 1.807) is 0 Å². The Labute approximate surface area is 183 Å². The fraction of sp³-hybridized carbons (Fsp3) is 0.259. The molecular weight excluding hydrogens is 384 g/mol. The third kappa shape index (κ3) is 3.98. The lowest BCUT2D eigenvalue weighted by Gasteiger charge is -2.28. The molecule has 1 unspecified atom stereocenters. The van der Waals surface area contributed by atoms with Gasteiger partial charge >= 0.3 is 0 Å². The number of benzene rings is 3. The van der Waals surface area contributed by atoms with Gasteiger partial charge in [0.15, 0.2) is 11.8 Å². The van der Waals surface area contributed by atoms with Crippen LogP contribution in [-0.2, 0) is 15.9 Å². The topological polar surface area (TPSA) is 43.2 Å². The second kappa shape index (κ2) is 8.38. The normalized spacial score (nSPS) is 22.1. The molecule has 0 bridgehead atoms. The van der Waals surface area contributed by atoms with E-state index in [9.17, 15) is 0 Å². The quantitative estimate of drug-likeness (QED) is 0.533. The Morgan fingerprint density at radius 2 is 1.10 bits per heavy atom. The molecule has 3 aromatic rings. The molecular formula is C27H26N2O2. The summed E-state index contributed by atoms with van der Waals surface area (Å²) in [5.74, 6) is 1.41. The summed E-state index contributed by atoms with van der Waals surface area (Å²) in [5, 5.41) is 0. The Bertz CT molecular complexity index is 1010. The molecule has 0 aliphatic carbocycles. The third-order valence-corrected chi connectivity index (χ3v) is 6.02. The van der Waals surface area contributed by atoms with Gasteiger partial charge in [0.25, 0.3) is 0 Å². The molecule has 0 amide bonds. The van der Waals surface area contributed by atoms with Gasteiger partial charge in [0, 0.05) is 0 Å². The predicted octanol–water partition coefficient (Wildman–Crippen LogP) is 5.58. The lowest BCUT2D eigenvalue weighted by atomic mass is 9.82. The van der Waals surface area contributed by atoms with Gasteiger partial charge in [-0.25, -0.2) is 9.98 Å². The zero-order valence-corrected chi connectivity index (χ0v) is 17.6. The van der Waals surface area contributed by atoms with Crippen molar-refractivity contribution in [2.75, 3.05) is 13.2 Å². The van der Waals surface area contributed by atoms with Crippen LogP contribution in [0.1, 0.15) is 35.7 Å². The summed E-state index contributed by atoms with van der Waals surface area (Å²) in [7, 11) is 0. The highest BCUT2D eigenvalue weighted by Crippen LogP contribution is 2.38. The van der Waals surface area contributed by atoms with Crippen molar-refractivity contribution in [2.45, 2.75) is 25.4 Å². The SMILES string of the molecule is CC(Cc1ccccc1)(C1=N[C@H](c2ccccc2)CO1)C1=N[C@@H](c2ccccc2)CO1. The van der Waals surface area contributed by atoms with Crippen LogP contribution < -0.4 is 0 Å². The van der Waals surface area contributed by atoms with Crippen molar-refractivity contribution in [1.29, 1.82) is 0 Å². The van der Waals surface area contributed by atoms with Gasteiger partial charge in [-0.05, 0) is 30.0 Å². The van der Waals surface area contributed by atoms with Gasteiger partial charge in [0.1, 0.15) is 30.7 Å². The molecule has 0 saturated heterocycles. The molecule has 31 heavy (non-hydrogen) atoms. The van der Waals surface area contributed by atoms with Crippen LogP contribution in [0.2, 0.25) is 0 Å². The second-order valence-corrected chi connectivity index (χ2v) is 8.34. The van der Waals surface area contributed by atoms with E-state index in [2.05, 4.69) is 55.5 Å². The zero-order valence-electron chi connectivity index (χ0n) is 17.6. The molecule has 2 aliphatic heterocycles. The monoisotopic (exact) mass is 410 g/mol. The Morgan fingerprint density at radius 3 is 1.55 bits per heavy atom. The Kier molecular flexibility index (Phi) is 5.29. The van der Waals surface area contributed by atoms with Crippen molar-refractivity contribution in [3.63, 3.8) is 0 Å². The molecule has 0 spiro atoms. The second-order valence-electron chi connectivity index (χ2n) is 8.34. The number of rotatable bonds is 6. The lowest BCUT2D eigenvalue weighted by molar-refractivity contribution is 0.257. The third-order valence-electron chi connectivity index (χ3n) is 6.02. The molecule has 3 atom stereocenters. The smallest absolute Gasteiger partial charge is 0.200 e. The Hall–Kier alpha value is -3.40. The minimum absolute atomic E-state index is 0.00165. The van der Waals surface area contributed by atoms with Crippen LogP contribution in [0.25, 0.3) is 0 Å². The predicted molar refractivity (Wildman–Crippen MR) is 123 cm³/mol. The highest BCUT2D eigenvalue weighted by molar-refractivity contribution is 6.06. The van der Waals surface area contributed by atoms with Crippen molar-refractivity contribution in [1.82, 2.24) is 0 Å². The van der Waals surface area contributed by atoms with Gasteiger partial charge in [-0.2, -0.15) is 0 Å². The molecule has 156 valence electrons. The molecule has 0 radical (unpaired) electrons. The molecule has 4 heteroatoms. The first-order chi connectivity index (χ1) is 15.2. The lowest BCUT2D eigenvalue weighted by Crippen LogP contribution is -2.39. The summed E-state index contributed by atoms with van der Waals surface area (Å²) in [5.41, 5.74) is 2.97. The summed E-state index contributed by atoms with van der Waals surface area (Å²) in [6, 6.07) is 31.0. The molecule has 2 aliphatic rings. The molecule has 4 nitrogen and oxygen atoms in total. The number of nitrogens with zero attached hydrogens (tertiary/aromatic N) is 2. The maximum atomic E-state index is 6.20. The van der Waals surface area contributed by atoms with E-state index in [0.717, 1.165) is 11.1 Å². The van der Waals surface area contributed by atoms with Crippen LogP contribution in [0.4, 0.5) is 0 Å². The van der Waals surface area contributed by atoms with E-state index >= 15 is 0 Å². The van der Waals surface area contributed by atoms with Gasteiger partial charge in [-0.1, -0.05) is 91.0 Å². The van der Waals surface area contributed by atoms with E-state index in [-0.39, 0.29) is 12.1 Å². The fourth-order valence-corrected chi connectivity index (χ4v) is 4.29. The number of hydrogen-bond donors (Lipinski definition) is 0. The molecule has 0 fully saturated rings. The molecule has 0 N–H and O–H groups in total. The zero-order chi connectivity index (χ0) is 21.1. The summed E-state index contributed by atoms with van der Waals surface area (Å²) in [6.07, 6.45) is 0.717. The van der Waals surface area contributed by atoms with Crippen molar-refractivity contribution < 1.29 is 9.47 Å². The van der Waals surface area contributed by atoms with Gasteiger partial charge in [0.2, 0.25) is 0 Å². The largest absolute Gasteiger partial charge is 0.478 e. The molecule has 5 rings (SSSR count). The van der Waals surface area contributed by atoms with Crippen molar-refractivity contribution in [3.8, 4) is 0 Å². The Morgan fingerprint density at radius 1 is 0.677 bits per heavy atom.